The van der Waals surface area contributed by atoms with E-state index in [9.17, 15) is 0 Å². The molecular weight excluding hydrogens is 196 g/mol. The van der Waals surface area contributed by atoms with Crippen LogP contribution in [0.25, 0.3) is 6.08 Å². The summed E-state index contributed by atoms with van der Waals surface area (Å²) in [5.74, 6) is 0. The van der Waals surface area contributed by atoms with E-state index in [4.69, 9.17) is 4.74 Å². The molecular formula is C15H18O. The molecule has 0 spiro atoms. The smallest absolute Gasteiger partial charge is 0.0799 e. The Morgan fingerprint density at radius 3 is 2.69 bits per heavy atom. The van der Waals surface area contributed by atoms with E-state index in [1.165, 1.54) is 11.1 Å². The van der Waals surface area contributed by atoms with E-state index in [-0.39, 0.29) is 6.10 Å². The van der Waals surface area contributed by atoms with E-state index in [0.29, 0.717) is 6.10 Å². The topological polar surface area (TPSA) is 9.23 Å². The second kappa shape index (κ2) is 5.13. The van der Waals surface area contributed by atoms with Gasteiger partial charge in [-0.05, 0) is 25.3 Å². The Hall–Kier alpha value is -1.34. The van der Waals surface area contributed by atoms with Crippen molar-refractivity contribution in [3.05, 3.63) is 54.1 Å². The maximum absolute atomic E-state index is 5.83. The van der Waals surface area contributed by atoms with E-state index < -0.39 is 0 Å². The second-order valence-electron chi connectivity index (χ2n) is 4.41. The lowest BCUT2D eigenvalue weighted by molar-refractivity contribution is 0.00594. The van der Waals surface area contributed by atoms with Crippen molar-refractivity contribution in [2.45, 2.75) is 32.0 Å². The maximum Gasteiger partial charge on any atom is 0.0799 e. The van der Waals surface area contributed by atoms with Gasteiger partial charge in [-0.2, -0.15) is 0 Å². The van der Waals surface area contributed by atoms with Crippen molar-refractivity contribution in [2.75, 3.05) is 0 Å². The molecule has 84 valence electrons. The third-order valence-electron chi connectivity index (χ3n) is 2.78. The summed E-state index contributed by atoms with van der Waals surface area (Å²) in [6, 6.07) is 10.3. The van der Waals surface area contributed by atoms with Gasteiger partial charge in [-0.15, -0.1) is 0 Å². The molecule has 1 aliphatic heterocycles. The highest BCUT2D eigenvalue weighted by Crippen LogP contribution is 2.23. The zero-order valence-corrected chi connectivity index (χ0v) is 9.73. The molecule has 1 heterocycles. The zero-order chi connectivity index (χ0) is 11.4. The molecule has 1 heteroatoms. The number of rotatable bonds is 2. The van der Waals surface area contributed by atoms with Crippen molar-refractivity contribution >= 4 is 6.08 Å². The summed E-state index contributed by atoms with van der Waals surface area (Å²) in [5.41, 5.74) is 2.51. The largest absolute Gasteiger partial charge is 0.371 e. The number of hydrogen-bond acceptors (Lipinski definition) is 1. The van der Waals surface area contributed by atoms with Gasteiger partial charge in [-0.3, -0.25) is 0 Å². The second-order valence-corrected chi connectivity index (χ2v) is 4.41. The van der Waals surface area contributed by atoms with Gasteiger partial charge in [0.1, 0.15) is 0 Å². The van der Waals surface area contributed by atoms with Crippen molar-refractivity contribution in [3.63, 3.8) is 0 Å². The van der Waals surface area contributed by atoms with Crippen LogP contribution in [0.1, 0.15) is 25.3 Å². The molecule has 2 atom stereocenters. The molecule has 0 aliphatic carbocycles. The third-order valence-corrected chi connectivity index (χ3v) is 2.78. The van der Waals surface area contributed by atoms with Gasteiger partial charge in [0.2, 0.25) is 0 Å². The molecule has 0 radical (unpaired) electrons. The SMILES string of the molecule is C=C1C[C@@H](/C=C/c2ccccc2)O[C@@H](C)C1. The van der Waals surface area contributed by atoms with Crippen LogP contribution in [0.2, 0.25) is 0 Å². The van der Waals surface area contributed by atoms with Gasteiger partial charge in [0.15, 0.2) is 0 Å². The predicted molar refractivity (Wildman–Crippen MR) is 68.2 cm³/mol. The number of ether oxygens (including phenoxy) is 1. The zero-order valence-electron chi connectivity index (χ0n) is 9.73. The van der Waals surface area contributed by atoms with Crippen molar-refractivity contribution in [1.29, 1.82) is 0 Å². The highest BCUT2D eigenvalue weighted by Gasteiger charge is 2.18. The fraction of sp³-hybridized carbons (Fsp3) is 0.333. The Morgan fingerprint density at radius 2 is 2.00 bits per heavy atom. The van der Waals surface area contributed by atoms with E-state index in [1.54, 1.807) is 0 Å². The normalized spacial score (nSPS) is 26.2. The van der Waals surface area contributed by atoms with E-state index in [0.717, 1.165) is 12.8 Å². The molecule has 0 unspecified atom stereocenters. The van der Waals surface area contributed by atoms with Gasteiger partial charge < -0.3 is 4.74 Å². The van der Waals surface area contributed by atoms with E-state index in [2.05, 4.69) is 37.8 Å². The van der Waals surface area contributed by atoms with Crippen LogP contribution < -0.4 is 0 Å². The van der Waals surface area contributed by atoms with Gasteiger partial charge in [0.25, 0.3) is 0 Å². The number of hydrogen-bond donors (Lipinski definition) is 0. The fourth-order valence-electron chi connectivity index (χ4n) is 2.06. The van der Waals surface area contributed by atoms with Crippen LogP contribution in [0.15, 0.2) is 48.6 Å². The molecule has 1 saturated heterocycles. The van der Waals surface area contributed by atoms with Gasteiger partial charge in [-0.1, -0.05) is 54.6 Å². The lowest BCUT2D eigenvalue weighted by Crippen LogP contribution is -2.24. The first kappa shape index (κ1) is 11.2. The third kappa shape index (κ3) is 3.07. The van der Waals surface area contributed by atoms with E-state index in [1.807, 2.05) is 18.2 Å². The summed E-state index contributed by atoms with van der Waals surface area (Å²) in [6.45, 7) is 6.16. The van der Waals surface area contributed by atoms with Crippen LogP contribution in [0.4, 0.5) is 0 Å². The van der Waals surface area contributed by atoms with Crippen LogP contribution in [-0.4, -0.2) is 12.2 Å². The first-order chi connectivity index (χ1) is 7.74. The Balaban J connectivity index is 1.99. The van der Waals surface area contributed by atoms with Gasteiger partial charge >= 0.3 is 0 Å². The van der Waals surface area contributed by atoms with Crippen LogP contribution in [0.5, 0.6) is 0 Å². The van der Waals surface area contributed by atoms with Gasteiger partial charge in [0, 0.05) is 0 Å². The standard InChI is InChI=1S/C15H18O/c1-12-10-13(2)16-15(11-12)9-8-14-6-4-3-5-7-14/h3-9,13,15H,1,10-11H2,2H3/b9-8+/t13-,15+/m0/s1. The van der Waals surface area contributed by atoms with Crippen LogP contribution in [0.3, 0.4) is 0 Å². The lowest BCUT2D eigenvalue weighted by atomic mass is 9.99. The van der Waals surface area contributed by atoms with Crippen LogP contribution in [-0.2, 0) is 4.74 Å². The minimum Gasteiger partial charge on any atom is -0.371 e. The molecule has 2 rings (SSSR count). The summed E-state index contributed by atoms with van der Waals surface area (Å²) in [5, 5.41) is 0. The summed E-state index contributed by atoms with van der Waals surface area (Å²) in [7, 11) is 0. The minimum absolute atomic E-state index is 0.191. The van der Waals surface area contributed by atoms with Gasteiger partial charge in [-0.25, -0.2) is 0 Å². The van der Waals surface area contributed by atoms with Crippen LogP contribution >= 0.6 is 0 Å². The quantitative estimate of drug-likeness (QED) is 0.680. The average Bonchev–Trinajstić information content (AvgIpc) is 2.27. The Labute approximate surface area is 97.4 Å². The molecule has 1 aromatic rings. The molecule has 0 saturated carbocycles. The summed E-state index contributed by atoms with van der Waals surface area (Å²) in [6.07, 6.45) is 6.69. The predicted octanol–water partition coefficient (Wildman–Crippen LogP) is 3.82. The Morgan fingerprint density at radius 1 is 1.25 bits per heavy atom. The summed E-state index contributed by atoms with van der Waals surface area (Å²) in [4.78, 5) is 0. The maximum atomic E-state index is 5.83. The monoisotopic (exact) mass is 214 g/mol. The fourth-order valence-corrected chi connectivity index (χ4v) is 2.06. The van der Waals surface area contributed by atoms with Crippen molar-refractivity contribution < 1.29 is 4.74 Å². The molecule has 0 N–H and O–H groups in total. The Bertz CT molecular complexity index is 378. The molecule has 0 aromatic heterocycles. The molecule has 1 nitrogen and oxygen atoms in total. The molecule has 1 aliphatic rings. The highest BCUT2D eigenvalue weighted by atomic mass is 16.5. The van der Waals surface area contributed by atoms with E-state index >= 15 is 0 Å². The highest BCUT2D eigenvalue weighted by molar-refractivity contribution is 5.49. The average molecular weight is 214 g/mol. The summed E-state index contributed by atoms with van der Waals surface area (Å²) < 4.78 is 5.83. The van der Waals surface area contributed by atoms with Crippen molar-refractivity contribution in [1.82, 2.24) is 0 Å². The molecule has 0 amide bonds. The molecule has 1 aromatic carbocycles. The molecule has 0 bridgehead atoms. The molecule has 16 heavy (non-hydrogen) atoms. The first-order valence-electron chi connectivity index (χ1n) is 5.79. The van der Waals surface area contributed by atoms with Crippen LogP contribution in [0, 0.1) is 0 Å². The van der Waals surface area contributed by atoms with Crippen molar-refractivity contribution in [2.24, 2.45) is 0 Å². The van der Waals surface area contributed by atoms with Gasteiger partial charge in [0.05, 0.1) is 12.2 Å². The lowest BCUT2D eigenvalue weighted by Gasteiger charge is -2.27. The van der Waals surface area contributed by atoms with Crippen molar-refractivity contribution in [3.8, 4) is 0 Å². The first-order valence-corrected chi connectivity index (χ1v) is 5.79. The number of benzene rings is 1. The summed E-state index contributed by atoms with van der Waals surface area (Å²) >= 11 is 0. The minimum atomic E-state index is 0.191. The Kier molecular flexibility index (Phi) is 3.58. The molecule has 1 fully saturated rings.